The average Bonchev–Trinajstić information content (AvgIpc) is 2.47. The van der Waals surface area contributed by atoms with Gasteiger partial charge in [-0.3, -0.25) is 4.79 Å². The van der Waals surface area contributed by atoms with E-state index >= 15 is 0 Å². The van der Waals surface area contributed by atoms with E-state index < -0.39 is 9.84 Å². The minimum atomic E-state index is -2.89. The number of amides is 1. The molecule has 1 heterocycles. The van der Waals surface area contributed by atoms with Gasteiger partial charge in [0.15, 0.2) is 9.84 Å². The Morgan fingerprint density at radius 3 is 2.57 bits per heavy atom. The van der Waals surface area contributed by atoms with Crippen LogP contribution < -0.4 is 0 Å². The van der Waals surface area contributed by atoms with E-state index in [2.05, 4.69) is 0 Å². The van der Waals surface area contributed by atoms with Crippen LogP contribution in [0.5, 0.6) is 0 Å². The first-order valence-electron chi connectivity index (χ1n) is 4.93. The van der Waals surface area contributed by atoms with Crippen molar-refractivity contribution in [1.29, 1.82) is 0 Å². The van der Waals surface area contributed by atoms with Crippen LogP contribution in [0.15, 0.2) is 0 Å². The van der Waals surface area contributed by atoms with Gasteiger partial charge in [-0.05, 0) is 19.8 Å². The normalized spacial score (nSPS) is 27.1. The Morgan fingerprint density at radius 1 is 1.57 bits per heavy atom. The highest BCUT2D eigenvalue weighted by Gasteiger charge is 2.33. The maximum atomic E-state index is 11.2. The fourth-order valence-corrected chi connectivity index (χ4v) is 3.49. The maximum Gasteiger partial charge on any atom is 0.210 e. The Bertz CT molecular complexity index is 299. The number of hydrogen-bond acceptors (Lipinski definition) is 3. The quantitative estimate of drug-likeness (QED) is 0.644. The van der Waals surface area contributed by atoms with E-state index in [9.17, 15) is 13.2 Å². The number of nitrogens with zero attached hydrogens (tertiary/aromatic N) is 1. The van der Waals surface area contributed by atoms with E-state index in [-0.39, 0.29) is 23.6 Å². The minimum Gasteiger partial charge on any atom is -0.339 e. The van der Waals surface area contributed by atoms with Crippen LogP contribution in [-0.2, 0) is 14.6 Å². The number of carbonyl (C=O) groups excluding carboxylic acids is 1. The second-order valence-electron chi connectivity index (χ2n) is 3.87. The Hall–Kier alpha value is -0.580. The van der Waals surface area contributed by atoms with Crippen LogP contribution in [0.2, 0.25) is 0 Å². The van der Waals surface area contributed by atoms with Crippen molar-refractivity contribution in [1.82, 2.24) is 4.90 Å². The summed E-state index contributed by atoms with van der Waals surface area (Å²) >= 11 is 0. The first-order valence-corrected chi connectivity index (χ1v) is 6.75. The molecule has 82 valence electrons. The molecule has 0 radical (unpaired) electrons. The molecular weight excluding hydrogens is 202 g/mol. The second-order valence-corrected chi connectivity index (χ2v) is 6.10. The molecule has 2 atom stereocenters. The number of sulfone groups is 1. The zero-order valence-electron chi connectivity index (χ0n) is 8.64. The topological polar surface area (TPSA) is 54.5 Å². The van der Waals surface area contributed by atoms with Crippen molar-refractivity contribution in [3.05, 3.63) is 0 Å². The molecule has 0 bridgehead atoms. The molecule has 5 heteroatoms. The zero-order chi connectivity index (χ0) is 10.8. The Balaban J connectivity index is 2.68. The van der Waals surface area contributed by atoms with Crippen LogP contribution in [0, 0.1) is 0 Å². The van der Waals surface area contributed by atoms with E-state index in [0.29, 0.717) is 6.42 Å². The third-order valence-corrected chi connectivity index (χ3v) is 4.60. The molecule has 0 aromatic carbocycles. The van der Waals surface area contributed by atoms with Crippen molar-refractivity contribution in [2.45, 2.75) is 38.8 Å². The van der Waals surface area contributed by atoms with Gasteiger partial charge in [-0.25, -0.2) is 8.42 Å². The monoisotopic (exact) mass is 219 g/mol. The van der Waals surface area contributed by atoms with Gasteiger partial charge in [-0.15, -0.1) is 0 Å². The molecule has 1 saturated heterocycles. The molecule has 14 heavy (non-hydrogen) atoms. The highest BCUT2D eigenvalue weighted by Crippen LogP contribution is 2.19. The molecule has 1 amide bonds. The van der Waals surface area contributed by atoms with Gasteiger partial charge in [0.1, 0.15) is 0 Å². The molecule has 1 aliphatic rings. The van der Waals surface area contributed by atoms with Crippen molar-refractivity contribution in [2.24, 2.45) is 0 Å². The van der Waals surface area contributed by atoms with Crippen LogP contribution >= 0.6 is 0 Å². The van der Waals surface area contributed by atoms with Crippen molar-refractivity contribution in [2.75, 3.05) is 11.5 Å². The number of carbonyl (C=O) groups is 1. The van der Waals surface area contributed by atoms with Crippen LogP contribution in [-0.4, -0.2) is 43.3 Å². The van der Waals surface area contributed by atoms with Gasteiger partial charge in [0.2, 0.25) is 6.41 Å². The van der Waals surface area contributed by atoms with E-state index in [4.69, 9.17) is 0 Å². The lowest BCUT2D eigenvalue weighted by molar-refractivity contribution is -0.121. The van der Waals surface area contributed by atoms with Crippen LogP contribution in [0.3, 0.4) is 0 Å². The summed E-state index contributed by atoms with van der Waals surface area (Å²) in [7, 11) is -2.89. The summed E-state index contributed by atoms with van der Waals surface area (Å²) in [6, 6.07) is 0.0262. The molecule has 0 aliphatic carbocycles. The molecule has 4 nitrogen and oxygen atoms in total. The minimum absolute atomic E-state index is 0.104. The van der Waals surface area contributed by atoms with Gasteiger partial charge in [0.25, 0.3) is 0 Å². The van der Waals surface area contributed by atoms with E-state index in [0.717, 1.165) is 12.8 Å². The predicted molar refractivity (Wildman–Crippen MR) is 54.7 cm³/mol. The molecule has 0 aromatic heterocycles. The molecule has 1 rings (SSSR count). The van der Waals surface area contributed by atoms with Crippen LogP contribution in [0.1, 0.15) is 26.7 Å². The van der Waals surface area contributed by atoms with Gasteiger partial charge in [0.05, 0.1) is 11.5 Å². The summed E-state index contributed by atoms with van der Waals surface area (Å²) in [6.07, 6.45) is 2.22. The van der Waals surface area contributed by atoms with Crippen molar-refractivity contribution >= 4 is 16.2 Å². The van der Waals surface area contributed by atoms with E-state index in [1.54, 1.807) is 4.90 Å². The van der Waals surface area contributed by atoms with Gasteiger partial charge in [-0.1, -0.05) is 6.92 Å². The van der Waals surface area contributed by atoms with Crippen molar-refractivity contribution in [3.63, 3.8) is 0 Å². The second kappa shape index (κ2) is 4.29. The summed E-state index contributed by atoms with van der Waals surface area (Å²) in [6.45, 7) is 3.93. The molecule has 0 spiro atoms. The SMILES string of the molecule is CC[C@@H](C)N(C=O)[C@H]1CCS(=O)(=O)C1. The van der Waals surface area contributed by atoms with E-state index in [1.165, 1.54) is 0 Å². The molecule has 0 aromatic rings. The van der Waals surface area contributed by atoms with Crippen LogP contribution in [0.25, 0.3) is 0 Å². The lowest BCUT2D eigenvalue weighted by atomic mass is 10.1. The maximum absolute atomic E-state index is 11.2. The van der Waals surface area contributed by atoms with Gasteiger partial charge >= 0.3 is 0 Å². The van der Waals surface area contributed by atoms with Crippen molar-refractivity contribution in [3.8, 4) is 0 Å². The Kier molecular flexibility index (Phi) is 3.53. The predicted octanol–water partition coefficient (Wildman–Crippen LogP) is 0.430. The zero-order valence-corrected chi connectivity index (χ0v) is 9.46. The molecule has 1 aliphatic heterocycles. The Morgan fingerprint density at radius 2 is 2.21 bits per heavy atom. The molecule has 0 N–H and O–H groups in total. The largest absolute Gasteiger partial charge is 0.339 e. The smallest absolute Gasteiger partial charge is 0.210 e. The lowest BCUT2D eigenvalue weighted by Gasteiger charge is -2.29. The van der Waals surface area contributed by atoms with Gasteiger partial charge in [-0.2, -0.15) is 0 Å². The first-order chi connectivity index (χ1) is 6.50. The summed E-state index contributed by atoms with van der Waals surface area (Å²) in [5.41, 5.74) is 0. The molecule has 1 fully saturated rings. The lowest BCUT2D eigenvalue weighted by Crippen LogP contribution is -2.41. The van der Waals surface area contributed by atoms with Gasteiger partial charge < -0.3 is 4.90 Å². The summed E-state index contributed by atoms with van der Waals surface area (Å²) in [5, 5.41) is 0. The van der Waals surface area contributed by atoms with Crippen molar-refractivity contribution < 1.29 is 13.2 Å². The highest BCUT2D eigenvalue weighted by atomic mass is 32.2. The standard InChI is InChI=1S/C9H17NO3S/c1-3-8(2)10(7-11)9-4-5-14(12,13)6-9/h7-9H,3-6H2,1-2H3/t8-,9+/m1/s1. The molecular formula is C9H17NO3S. The Labute approximate surface area is 85.2 Å². The van der Waals surface area contributed by atoms with E-state index in [1.807, 2.05) is 13.8 Å². The third kappa shape index (κ3) is 2.47. The number of hydrogen-bond donors (Lipinski definition) is 0. The average molecular weight is 219 g/mol. The summed E-state index contributed by atoms with van der Waals surface area (Å²) in [4.78, 5) is 12.5. The fourth-order valence-electron chi connectivity index (χ4n) is 1.77. The first kappa shape index (κ1) is 11.5. The van der Waals surface area contributed by atoms with Gasteiger partial charge in [0, 0.05) is 12.1 Å². The number of rotatable bonds is 4. The summed E-state index contributed by atoms with van der Waals surface area (Å²) < 4.78 is 22.5. The fraction of sp³-hybridized carbons (Fsp3) is 0.889. The molecule has 0 saturated carbocycles. The third-order valence-electron chi connectivity index (χ3n) is 2.85. The summed E-state index contributed by atoms with van der Waals surface area (Å²) in [5.74, 6) is 0.356. The van der Waals surface area contributed by atoms with Crippen LogP contribution in [0.4, 0.5) is 0 Å². The highest BCUT2D eigenvalue weighted by molar-refractivity contribution is 7.91. The molecule has 0 unspecified atom stereocenters.